The van der Waals surface area contributed by atoms with Crippen LogP contribution < -0.4 is 0 Å². The highest BCUT2D eigenvalue weighted by molar-refractivity contribution is 7.80. The number of thiol groups is 1. The van der Waals surface area contributed by atoms with Gasteiger partial charge >= 0.3 is 5.97 Å². The van der Waals surface area contributed by atoms with E-state index in [0.29, 0.717) is 12.2 Å². The Kier molecular flexibility index (Phi) is 4.09. The van der Waals surface area contributed by atoms with Crippen molar-refractivity contribution in [2.75, 3.05) is 5.75 Å². The molecule has 1 aromatic rings. The van der Waals surface area contributed by atoms with E-state index in [1.165, 1.54) is 0 Å². The fraction of sp³-hybridized carbons (Fsp3) is 0.182. The molecule has 0 atom stereocenters. The molecule has 1 rings (SSSR count). The summed E-state index contributed by atoms with van der Waals surface area (Å²) in [5, 5.41) is 8.72. The van der Waals surface area contributed by atoms with E-state index in [9.17, 15) is 4.79 Å². The third kappa shape index (κ3) is 3.15. The molecule has 0 radical (unpaired) electrons. The summed E-state index contributed by atoms with van der Waals surface area (Å²) in [5.41, 5.74) is 0.995. The molecule has 0 saturated carbocycles. The summed E-state index contributed by atoms with van der Waals surface area (Å²) in [5.74, 6) is 5.56. The highest BCUT2D eigenvalue weighted by atomic mass is 32.1. The van der Waals surface area contributed by atoms with Gasteiger partial charge in [-0.3, -0.25) is 0 Å². The maximum atomic E-state index is 10.6. The second-order valence-electron chi connectivity index (χ2n) is 2.66. The number of carboxylic acids is 1. The van der Waals surface area contributed by atoms with Crippen LogP contribution >= 0.6 is 12.6 Å². The third-order valence-electron chi connectivity index (χ3n) is 1.58. The van der Waals surface area contributed by atoms with Crippen molar-refractivity contribution < 1.29 is 9.90 Å². The number of carbonyl (C=O) groups is 1. The largest absolute Gasteiger partial charge is 0.478 e. The van der Waals surface area contributed by atoms with Gasteiger partial charge in [0.05, 0.1) is 5.56 Å². The Bertz CT molecular complexity index is 388. The molecule has 1 aromatic carbocycles. The summed E-state index contributed by atoms with van der Waals surface area (Å²) in [6.45, 7) is 0. The molecule has 0 saturated heterocycles. The predicted octanol–water partition coefficient (Wildman–Crippen LogP) is 2.06. The minimum atomic E-state index is -0.928. The topological polar surface area (TPSA) is 37.3 Å². The van der Waals surface area contributed by atoms with Gasteiger partial charge in [0.2, 0.25) is 0 Å². The predicted molar refractivity (Wildman–Crippen MR) is 58.7 cm³/mol. The minimum absolute atomic E-state index is 0.266. The molecule has 0 heterocycles. The van der Waals surface area contributed by atoms with Crippen molar-refractivity contribution in [2.24, 2.45) is 0 Å². The quantitative estimate of drug-likeness (QED) is 0.574. The van der Waals surface area contributed by atoms with Gasteiger partial charge in [-0.15, -0.1) is 0 Å². The summed E-state index contributed by atoms with van der Waals surface area (Å²) in [6.07, 6.45) is 0.709. The standard InChI is InChI=1S/C11H10O2S/c12-11(13)10-6-3-5-9(8-10)4-1-2-7-14/h3,5-6,8,14H,2,7H2,(H,12,13). The highest BCUT2D eigenvalue weighted by Gasteiger charge is 2.00. The first kappa shape index (κ1) is 10.7. The summed E-state index contributed by atoms with van der Waals surface area (Å²) in [7, 11) is 0. The zero-order chi connectivity index (χ0) is 10.4. The van der Waals surface area contributed by atoms with Gasteiger partial charge in [0.15, 0.2) is 0 Å². The Morgan fingerprint density at radius 1 is 1.50 bits per heavy atom. The van der Waals surface area contributed by atoms with Crippen LogP contribution in [-0.2, 0) is 0 Å². The molecule has 2 nitrogen and oxygen atoms in total. The van der Waals surface area contributed by atoms with E-state index < -0.39 is 5.97 Å². The summed E-state index contributed by atoms with van der Waals surface area (Å²) in [4.78, 5) is 10.6. The van der Waals surface area contributed by atoms with E-state index in [1.807, 2.05) is 0 Å². The molecule has 0 amide bonds. The SMILES string of the molecule is O=C(O)c1cccc(C#CCCS)c1. The first-order chi connectivity index (χ1) is 6.74. The summed E-state index contributed by atoms with van der Waals surface area (Å²) in [6, 6.07) is 6.59. The maximum absolute atomic E-state index is 10.6. The molecule has 0 unspecified atom stereocenters. The molecule has 0 aliphatic heterocycles. The number of rotatable bonds is 2. The van der Waals surface area contributed by atoms with Crippen molar-refractivity contribution in [1.29, 1.82) is 0 Å². The van der Waals surface area contributed by atoms with Crippen LogP contribution in [0.15, 0.2) is 24.3 Å². The van der Waals surface area contributed by atoms with E-state index in [-0.39, 0.29) is 5.56 Å². The van der Waals surface area contributed by atoms with Crippen molar-refractivity contribution in [1.82, 2.24) is 0 Å². The second kappa shape index (κ2) is 5.36. The van der Waals surface area contributed by atoms with Gasteiger partial charge in [-0.05, 0) is 18.2 Å². The first-order valence-corrected chi connectivity index (χ1v) is 4.80. The summed E-state index contributed by atoms with van der Waals surface area (Å²) >= 11 is 4.02. The van der Waals surface area contributed by atoms with E-state index in [2.05, 4.69) is 24.5 Å². The lowest BCUT2D eigenvalue weighted by molar-refractivity contribution is 0.0697. The summed E-state index contributed by atoms with van der Waals surface area (Å²) < 4.78 is 0. The van der Waals surface area contributed by atoms with Crippen LogP contribution in [0.25, 0.3) is 0 Å². The van der Waals surface area contributed by atoms with Crippen molar-refractivity contribution in [3.05, 3.63) is 35.4 Å². The van der Waals surface area contributed by atoms with Crippen LogP contribution in [-0.4, -0.2) is 16.8 Å². The number of carboxylic acid groups (broad SMARTS) is 1. The molecule has 0 bridgehead atoms. The molecular formula is C11H10O2S. The van der Waals surface area contributed by atoms with Crippen molar-refractivity contribution in [3.63, 3.8) is 0 Å². The van der Waals surface area contributed by atoms with Gasteiger partial charge in [0.1, 0.15) is 0 Å². The molecule has 1 N–H and O–H groups in total. The molecule has 72 valence electrons. The Morgan fingerprint density at radius 3 is 2.93 bits per heavy atom. The van der Waals surface area contributed by atoms with E-state index in [1.54, 1.807) is 24.3 Å². The fourth-order valence-electron chi connectivity index (χ4n) is 0.950. The third-order valence-corrected chi connectivity index (χ3v) is 1.80. The lowest BCUT2D eigenvalue weighted by Crippen LogP contribution is -1.95. The molecular weight excluding hydrogens is 196 g/mol. The van der Waals surface area contributed by atoms with Crippen LogP contribution in [0.2, 0.25) is 0 Å². The van der Waals surface area contributed by atoms with Gasteiger partial charge in [0, 0.05) is 17.7 Å². The smallest absolute Gasteiger partial charge is 0.335 e. The zero-order valence-corrected chi connectivity index (χ0v) is 8.42. The number of aromatic carboxylic acids is 1. The Labute approximate surface area is 88.4 Å². The van der Waals surface area contributed by atoms with E-state index >= 15 is 0 Å². The van der Waals surface area contributed by atoms with Crippen LogP contribution in [0.5, 0.6) is 0 Å². The number of benzene rings is 1. The van der Waals surface area contributed by atoms with Crippen LogP contribution in [0.1, 0.15) is 22.3 Å². The van der Waals surface area contributed by atoms with E-state index in [0.717, 1.165) is 5.56 Å². The molecule has 14 heavy (non-hydrogen) atoms. The fourth-order valence-corrected chi connectivity index (χ4v) is 1.06. The van der Waals surface area contributed by atoms with Gasteiger partial charge in [-0.1, -0.05) is 17.9 Å². The second-order valence-corrected chi connectivity index (χ2v) is 3.11. The molecule has 0 aromatic heterocycles. The average molecular weight is 206 g/mol. The van der Waals surface area contributed by atoms with Crippen molar-refractivity contribution in [2.45, 2.75) is 6.42 Å². The van der Waals surface area contributed by atoms with Gasteiger partial charge < -0.3 is 5.11 Å². The normalized spacial score (nSPS) is 8.93. The lowest BCUT2D eigenvalue weighted by Gasteiger charge is -1.94. The van der Waals surface area contributed by atoms with Crippen molar-refractivity contribution >= 4 is 18.6 Å². The van der Waals surface area contributed by atoms with Crippen LogP contribution in [0.3, 0.4) is 0 Å². The first-order valence-electron chi connectivity index (χ1n) is 4.17. The Morgan fingerprint density at radius 2 is 2.29 bits per heavy atom. The molecule has 3 heteroatoms. The van der Waals surface area contributed by atoms with Crippen LogP contribution in [0.4, 0.5) is 0 Å². The zero-order valence-electron chi connectivity index (χ0n) is 7.53. The highest BCUT2D eigenvalue weighted by Crippen LogP contribution is 2.03. The van der Waals surface area contributed by atoms with Crippen molar-refractivity contribution in [3.8, 4) is 11.8 Å². The Hall–Kier alpha value is -1.40. The monoisotopic (exact) mass is 206 g/mol. The molecule has 0 aliphatic carbocycles. The molecule has 0 aliphatic rings. The van der Waals surface area contributed by atoms with Gasteiger partial charge in [-0.2, -0.15) is 12.6 Å². The maximum Gasteiger partial charge on any atom is 0.335 e. The molecule has 0 fully saturated rings. The number of hydrogen-bond donors (Lipinski definition) is 2. The van der Waals surface area contributed by atoms with Gasteiger partial charge in [0.25, 0.3) is 0 Å². The Balaban J connectivity index is 2.85. The average Bonchev–Trinajstić information content (AvgIpc) is 2.19. The molecule has 0 spiro atoms. The lowest BCUT2D eigenvalue weighted by atomic mass is 10.1. The van der Waals surface area contributed by atoms with Gasteiger partial charge in [-0.25, -0.2) is 4.79 Å². The van der Waals surface area contributed by atoms with Crippen LogP contribution in [0, 0.1) is 11.8 Å². The number of hydrogen-bond acceptors (Lipinski definition) is 2. The van der Waals surface area contributed by atoms with E-state index in [4.69, 9.17) is 5.11 Å². The minimum Gasteiger partial charge on any atom is -0.478 e.